The van der Waals surface area contributed by atoms with Crippen LogP contribution in [0.25, 0.3) is 11.3 Å². The summed E-state index contributed by atoms with van der Waals surface area (Å²) in [5.74, 6) is 0.119. The SMILES string of the molecule is Cc1ccc(-c2cc(C(=O)N3CCCC(C(C)O)C3)[nH]n2)cc1. The van der Waals surface area contributed by atoms with E-state index in [1.54, 1.807) is 13.0 Å². The molecular weight excluding hydrogens is 290 g/mol. The summed E-state index contributed by atoms with van der Waals surface area (Å²) in [6, 6.07) is 9.87. The van der Waals surface area contributed by atoms with Gasteiger partial charge in [0, 0.05) is 24.6 Å². The number of aromatic nitrogens is 2. The van der Waals surface area contributed by atoms with Crippen molar-refractivity contribution in [3.05, 3.63) is 41.6 Å². The summed E-state index contributed by atoms with van der Waals surface area (Å²) in [6.07, 6.45) is 1.52. The number of H-pyrrole nitrogens is 1. The molecule has 1 amide bonds. The molecule has 1 saturated heterocycles. The lowest BCUT2D eigenvalue weighted by Gasteiger charge is -2.33. The number of nitrogens with one attached hydrogen (secondary N) is 1. The Morgan fingerprint density at radius 3 is 2.83 bits per heavy atom. The maximum absolute atomic E-state index is 12.6. The summed E-state index contributed by atoms with van der Waals surface area (Å²) in [6.45, 7) is 5.18. The molecule has 2 aromatic rings. The average Bonchev–Trinajstić information content (AvgIpc) is 3.05. The zero-order chi connectivity index (χ0) is 16.4. The van der Waals surface area contributed by atoms with E-state index in [-0.39, 0.29) is 17.9 Å². The number of amides is 1. The van der Waals surface area contributed by atoms with Crippen molar-refractivity contribution < 1.29 is 9.90 Å². The van der Waals surface area contributed by atoms with Gasteiger partial charge in [0.1, 0.15) is 5.69 Å². The number of aliphatic hydroxyl groups is 1. The van der Waals surface area contributed by atoms with Crippen molar-refractivity contribution in [2.75, 3.05) is 13.1 Å². The van der Waals surface area contributed by atoms with Crippen LogP contribution < -0.4 is 0 Å². The molecule has 1 aliphatic rings. The Morgan fingerprint density at radius 2 is 2.13 bits per heavy atom. The molecule has 2 atom stereocenters. The molecule has 2 unspecified atom stereocenters. The van der Waals surface area contributed by atoms with Gasteiger partial charge >= 0.3 is 0 Å². The lowest BCUT2D eigenvalue weighted by atomic mass is 9.93. The minimum Gasteiger partial charge on any atom is -0.393 e. The highest BCUT2D eigenvalue weighted by Gasteiger charge is 2.27. The smallest absolute Gasteiger partial charge is 0.271 e. The lowest BCUT2D eigenvalue weighted by Crippen LogP contribution is -2.43. The molecule has 3 rings (SSSR count). The van der Waals surface area contributed by atoms with E-state index in [9.17, 15) is 9.90 Å². The molecule has 5 nitrogen and oxygen atoms in total. The number of rotatable bonds is 3. The van der Waals surface area contributed by atoms with Crippen LogP contribution in [-0.2, 0) is 0 Å². The van der Waals surface area contributed by atoms with Crippen LogP contribution in [0.1, 0.15) is 35.8 Å². The van der Waals surface area contributed by atoms with Gasteiger partial charge in [-0.3, -0.25) is 9.89 Å². The number of carbonyl (C=O) groups is 1. The van der Waals surface area contributed by atoms with Crippen LogP contribution in [0.4, 0.5) is 0 Å². The number of aromatic amines is 1. The summed E-state index contributed by atoms with van der Waals surface area (Å²) >= 11 is 0. The Balaban J connectivity index is 1.74. The maximum atomic E-state index is 12.6. The number of piperidine rings is 1. The van der Waals surface area contributed by atoms with Crippen LogP contribution in [0.5, 0.6) is 0 Å². The number of hydrogen-bond acceptors (Lipinski definition) is 3. The van der Waals surface area contributed by atoms with Crippen molar-refractivity contribution in [1.29, 1.82) is 0 Å². The van der Waals surface area contributed by atoms with Gasteiger partial charge in [-0.15, -0.1) is 0 Å². The van der Waals surface area contributed by atoms with Crippen LogP contribution in [0, 0.1) is 12.8 Å². The molecule has 1 aromatic heterocycles. The number of aryl methyl sites for hydroxylation is 1. The minimum absolute atomic E-state index is 0.0405. The first-order valence-corrected chi connectivity index (χ1v) is 8.14. The first kappa shape index (κ1) is 15.7. The summed E-state index contributed by atoms with van der Waals surface area (Å²) in [7, 11) is 0. The monoisotopic (exact) mass is 313 g/mol. The molecule has 1 aliphatic heterocycles. The highest BCUT2D eigenvalue weighted by molar-refractivity contribution is 5.93. The fraction of sp³-hybridized carbons (Fsp3) is 0.444. The van der Waals surface area contributed by atoms with Gasteiger partial charge < -0.3 is 10.0 Å². The van der Waals surface area contributed by atoms with E-state index in [1.807, 2.05) is 36.1 Å². The largest absolute Gasteiger partial charge is 0.393 e. The fourth-order valence-corrected chi connectivity index (χ4v) is 3.06. The van der Waals surface area contributed by atoms with Crippen molar-refractivity contribution in [1.82, 2.24) is 15.1 Å². The van der Waals surface area contributed by atoms with E-state index in [2.05, 4.69) is 10.2 Å². The van der Waals surface area contributed by atoms with Crippen LogP contribution in [-0.4, -0.2) is 45.3 Å². The average molecular weight is 313 g/mol. The van der Waals surface area contributed by atoms with Crippen LogP contribution in [0.15, 0.2) is 30.3 Å². The third-order valence-corrected chi connectivity index (χ3v) is 4.58. The molecule has 1 fully saturated rings. The topological polar surface area (TPSA) is 69.2 Å². The Hall–Kier alpha value is -2.14. The van der Waals surface area contributed by atoms with Gasteiger partial charge in [0.25, 0.3) is 5.91 Å². The quantitative estimate of drug-likeness (QED) is 0.915. The van der Waals surface area contributed by atoms with E-state index in [0.29, 0.717) is 12.2 Å². The van der Waals surface area contributed by atoms with Gasteiger partial charge in [0.05, 0.1) is 11.8 Å². The number of aliphatic hydroxyl groups excluding tert-OH is 1. The van der Waals surface area contributed by atoms with Crippen LogP contribution in [0.2, 0.25) is 0 Å². The Bertz CT molecular complexity index is 676. The number of carbonyl (C=O) groups excluding carboxylic acids is 1. The summed E-state index contributed by atoms with van der Waals surface area (Å²) in [5, 5.41) is 16.9. The third-order valence-electron chi connectivity index (χ3n) is 4.58. The molecule has 23 heavy (non-hydrogen) atoms. The molecule has 0 radical (unpaired) electrons. The second kappa shape index (κ2) is 6.54. The second-order valence-corrected chi connectivity index (χ2v) is 6.43. The fourth-order valence-electron chi connectivity index (χ4n) is 3.06. The zero-order valence-corrected chi connectivity index (χ0v) is 13.6. The molecule has 0 saturated carbocycles. The van der Waals surface area contributed by atoms with Gasteiger partial charge in [-0.05, 0) is 32.8 Å². The van der Waals surface area contributed by atoms with E-state index in [4.69, 9.17) is 0 Å². The Kier molecular flexibility index (Phi) is 4.48. The lowest BCUT2D eigenvalue weighted by molar-refractivity contribution is 0.0461. The number of nitrogens with zero attached hydrogens (tertiary/aromatic N) is 2. The number of likely N-dealkylation sites (tertiary alicyclic amines) is 1. The van der Waals surface area contributed by atoms with Crippen molar-refractivity contribution in [3.63, 3.8) is 0 Å². The van der Waals surface area contributed by atoms with Gasteiger partial charge in [-0.1, -0.05) is 29.8 Å². The molecule has 1 aromatic carbocycles. The molecule has 5 heteroatoms. The molecule has 0 aliphatic carbocycles. The number of benzene rings is 1. The van der Waals surface area contributed by atoms with Gasteiger partial charge in [-0.2, -0.15) is 5.10 Å². The number of hydrogen-bond donors (Lipinski definition) is 2. The molecule has 2 N–H and O–H groups in total. The first-order chi connectivity index (χ1) is 11.0. The molecule has 0 spiro atoms. The predicted octanol–water partition coefficient (Wildman–Crippen LogP) is 2.62. The summed E-state index contributed by atoms with van der Waals surface area (Å²) in [4.78, 5) is 14.5. The summed E-state index contributed by atoms with van der Waals surface area (Å²) in [5.41, 5.74) is 3.47. The van der Waals surface area contributed by atoms with Crippen molar-refractivity contribution >= 4 is 5.91 Å². The third kappa shape index (κ3) is 3.45. The standard InChI is InChI=1S/C18H23N3O2/c1-12-5-7-14(8-6-12)16-10-17(20-19-16)18(23)21-9-3-4-15(11-21)13(2)22/h5-8,10,13,15,22H,3-4,9,11H2,1-2H3,(H,19,20). The van der Waals surface area contributed by atoms with Crippen LogP contribution >= 0.6 is 0 Å². The highest BCUT2D eigenvalue weighted by Crippen LogP contribution is 2.23. The molecule has 0 bridgehead atoms. The zero-order valence-electron chi connectivity index (χ0n) is 13.6. The van der Waals surface area contributed by atoms with Crippen LogP contribution in [0.3, 0.4) is 0 Å². The molecular formula is C18H23N3O2. The van der Waals surface area contributed by atoms with Gasteiger partial charge in [0.15, 0.2) is 0 Å². The Morgan fingerprint density at radius 1 is 1.39 bits per heavy atom. The normalized spacial score (nSPS) is 19.6. The van der Waals surface area contributed by atoms with E-state index in [0.717, 1.165) is 30.6 Å². The Labute approximate surface area is 136 Å². The van der Waals surface area contributed by atoms with Gasteiger partial charge in [0.2, 0.25) is 0 Å². The maximum Gasteiger partial charge on any atom is 0.271 e. The van der Waals surface area contributed by atoms with E-state index < -0.39 is 0 Å². The second-order valence-electron chi connectivity index (χ2n) is 6.43. The molecule has 122 valence electrons. The predicted molar refractivity (Wildman–Crippen MR) is 89.1 cm³/mol. The van der Waals surface area contributed by atoms with Crippen molar-refractivity contribution in [3.8, 4) is 11.3 Å². The van der Waals surface area contributed by atoms with Gasteiger partial charge in [-0.25, -0.2) is 0 Å². The minimum atomic E-state index is -0.379. The van der Waals surface area contributed by atoms with E-state index in [1.165, 1.54) is 5.56 Å². The van der Waals surface area contributed by atoms with E-state index >= 15 is 0 Å². The molecule has 2 heterocycles. The summed E-state index contributed by atoms with van der Waals surface area (Å²) < 4.78 is 0. The first-order valence-electron chi connectivity index (χ1n) is 8.14. The highest BCUT2D eigenvalue weighted by atomic mass is 16.3. The van der Waals surface area contributed by atoms with Crippen molar-refractivity contribution in [2.45, 2.75) is 32.8 Å². The van der Waals surface area contributed by atoms with Crippen molar-refractivity contribution in [2.24, 2.45) is 5.92 Å².